The molecule has 0 aliphatic rings. The summed E-state index contributed by atoms with van der Waals surface area (Å²) in [6.45, 7) is 4.47. The first-order chi connectivity index (χ1) is 6.72. The zero-order valence-corrected chi connectivity index (χ0v) is 9.10. The fraction of sp³-hybridized carbons (Fsp3) is 0.727. The van der Waals surface area contributed by atoms with Gasteiger partial charge in [-0.15, -0.1) is 11.8 Å². The van der Waals surface area contributed by atoms with Crippen LogP contribution in [0.4, 0.5) is 0 Å². The van der Waals surface area contributed by atoms with Gasteiger partial charge >= 0.3 is 0 Å². The van der Waals surface area contributed by atoms with Crippen LogP contribution >= 0.6 is 0 Å². The monoisotopic (exact) mass is 196 g/mol. The second-order valence-electron chi connectivity index (χ2n) is 3.22. The van der Waals surface area contributed by atoms with Crippen LogP contribution < -0.4 is 11.1 Å². The van der Waals surface area contributed by atoms with E-state index in [0.29, 0.717) is 13.0 Å². The zero-order chi connectivity index (χ0) is 10.8. The second kappa shape index (κ2) is 8.58. The summed E-state index contributed by atoms with van der Waals surface area (Å²) in [5.41, 5.74) is 5.67. The normalized spacial score (nSPS) is 11.4. The minimum Gasteiger partial charge on any atom is -0.354 e. The maximum atomic E-state index is 11.3. The molecule has 0 bridgehead atoms. The van der Waals surface area contributed by atoms with Crippen molar-refractivity contribution >= 4 is 5.91 Å². The molecule has 0 rings (SSSR count). The van der Waals surface area contributed by atoms with E-state index in [1.165, 1.54) is 0 Å². The molecule has 0 saturated heterocycles. The average Bonchev–Trinajstić information content (AvgIpc) is 2.20. The van der Waals surface area contributed by atoms with Crippen LogP contribution in [0.3, 0.4) is 0 Å². The third-order valence-corrected chi connectivity index (χ3v) is 1.93. The number of rotatable bonds is 6. The first kappa shape index (κ1) is 13.0. The standard InChI is InChI=1S/C11H20N2O/c1-3-5-7-9-13-11(14)10(12)8-6-4-2/h10H,4,6-9,12H2,1-2H3,(H,13,14). The van der Waals surface area contributed by atoms with Crippen LogP contribution in [0.5, 0.6) is 0 Å². The lowest BCUT2D eigenvalue weighted by Gasteiger charge is -2.10. The van der Waals surface area contributed by atoms with Crippen molar-refractivity contribution in [1.29, 1.82) is 0 Å². The third-order valence-electron chi connectivity index (χ3n) is 1.93. The number of unbranched alkanes of at least 4 members (excludes halogenated alkanes) is 1. The molecular weight excluding hydrogens is 176 g/mol. The summed E-state index contributed by atoms with van der Waals surface area (Å²) in [6, 6.07) is -0.357. The summed E-state index contributed by atoms with van der Waals surface area (Å²) in [5.74, 6) is 5.59. The summed E-state index contributed by atoms with van der Waals surface area (Å²) in [4.78, 5) is 11.3. The van der Waals surface area contributed by atoms with Crippen LogP contribution in [0.25, 0.3) is 0 Å². The highest BCUT2D eigenvalue weighted by atomic mass is 16.2. The van der Waals surface area contributed by atoms with Crippen LogP contribution in [-0.4, -0.2) is 18.5 Å². The third kappa shape index (κ3) is 6.50. The van der Waals surface area contributed by atoms with Gasteiger partial charge in [0.1, 0.15) is 0 Å². The Kier molecular flexibility index (Phi) is 7.96. The molecule has 1 unspecified atom stereocenters. The molecule has 0 spiro atoms. The van der Waals surface area contributed by atoms with Crippen molar-refractivity contribution in [2.45, 2.75) is 45.6 Å². The van der Waals surface area contributed by atoms with Crippen LogP contribution in [-0.2, 0) is 4.79 Å². The molecule has 0 aliphatic carbocycles. The van der Waals surface area contributed by atoms with Crippen LogP contribution in [0.15, 0.2) is 0 Å². The molecule has 0 fully saturated rings. The molecule has 0 aromatic rings. The number of carbonyl (C=O) groups is 1. The first-order valence-electron chi connectivity index (χ1n) is 5.15. The maximum absolute atomic E-state index is 11.3. The van der Waals surface area contributed by atoms with Gasteiger partial charge in [0, 0.05) is 13.0 Å². The van der Waals surface area contributed by atoms with Gasteiger partial charge in [0.15, 0.2) is 0 Å². The highest BCUT2D eigenvalue weighted by molar-refractivity contribution is 5.81. The van der Waals surface area contributed by atoms with Gasteiger partial charge in [-0.3, -0.25) is 4.79 Å². The fourth-order valence-electron chi connectivity index (χ4n) is 1.06. The largest absolute Gasteiger partial charge is 0.354 e. The Bertz CT molecular complexity index is 215. The Hall–Kier alpha value is -1.01. The van der Waals surface area contributed by atoms with Crippen molar-refractivity contribution in [3.8, 4) is 11.8 Å². The second-order valence-corrected chi connectivity index (χ2v) is 3.22. The predicted octanol–water partition coefficient (Wildman–Crippen LogP) is 1.03. The summed E-state index contributed by atoms with van der Waals surface area (Å²) in [5, 5.41) is 2.76. The molecule has 1 atom stereocenters. The van der Waals surface area contributed by atoms with E-state index in [1.54, 1.807) is 6.92 Å². The van der Waals surface area contributed by atoms with Gasteiger partial charge in [0.25, 0.3) is 0 Å². The average molecular weight is 196 g/mol. The van der Waals surface area contributed by atoms with E-state index in [0.717, 1.165) is 19.3 Å². The van der Waals surface area contributed by atoms with E-state index in [1.807, 2.05) is 0 Å². The van der Waals surface area contributed by atoms with Crippen molar-refractivity contribution < 1.29 is 4.79 Å². The molecule has 0 aromatic heterocycles. The minimum atomic E-state index is -0.357. The lowest BCUT2D eigenvalue weighted by molar-refractivity contribution is -0.122. The molecule has 0 heterocycles. The fourth-order valence-corrected chi connectivity index (χ4v) is 1.06. The van der Waals surface area contributed by atoms with Crippen LogP contribution in [0.2, 0.25) is 0 Å². The van der Waals surface area contributed by atoms with Crippen molar-refractivity contribution in [2.24, 2.45) is 5.73 Å². The highest BCUT2D eigenvalue weighted by Crippen LogP contribution is 1.97. The van der Waals surface area contributed by atoms with E-state index < -0.39 is 0 Å². The summed E-state index contributed by atoms with van der Waals surface area (Å²) in [6.07, 6.45) is 3.54. The molecule has 3 heteroatoms. The van der Waals surface area contributed by atoms with Gasteiger partial charge in [-0.05, 0) is 13.3 Å². The van der Waals surface area contributed by atoms with Gasteiger partial charge in [-0.25, -0.2) is 0 Å². The minimum absolute atomic E-state index is 0.0589. The molecule has 0 saturated carbocycles. The molecule has 14 heavy (non-hydrogen) atoms. The Morgan fingerprint density at radius 3 is 2.86 bits per heavy atom. The van der Waals surface area contributed by atoms with Gasteiger partial charge in [-0.2, -0.15) is 0 Å². The Morgan fingerprint density at radius 1 is 1.57 bits per heavy atom. The lowest BCUT2D eigenvalue weighted by Crippen LogP contribution is -2.40. The molecule has 0 radical (unpaired) electrons. The molecule has 3 nitrogen and oxygen atoms in total. The van der Waals surface area contributed by atoms with E-state index in [2.05, 4.69) is 24.1 Å². The quantitative estimate of drug-likeness (QED) is 0.492. The Balaban J connectivity index is 3.54. The zero-order valence-electron chi connectivity index (χ0n) is 9.10. The Morgan fingerprint density at radius 2 is 2.29 bits per heavy atom. The topological polar surface area (TPSA) is 55.1 Å². The van der Waals surface area contributed by atoms with E-state index in [9.17, 15) is 4.79 Å². The molecular formula is C11H20N2O. The summed E-state index contributed by atoms with van der Waals surface area (Å²) in [7, 11) is 0. The SMILES string of the molecule is CC#CCCNC(=O)C(N)CCCC. The molecule has 80 valence electrons. The molecule has 0 aromatic carbocycles. The van der Waals surface area contributed by atoms with E-state index >= 15 is 0 Å². The number of carbonyl (C=O) groups excluding carboxylic acids is 1. The Labute approximate surface area is 86.4 Å². The maximum Gasteiger partial charge on any atom is 0.236 e. The van der Waals surface area contributed by atoms with Gasteiger partial charge in [0.05, 0.1) is 6.04 Å². The highest BCUT2D eigenvalue weighted by Gasteiger charge is 2.10. The smallest absolute Gasteiger partial charge is 0.236 e. The number of amides is 1. The first-order valence-corrected chi connectivity index (χ1v) is 5.15. The van der Waals surface area contributed by atoms with Gasteiger partial charge < -0.3 is 11.1 Å². The van der Waals surface area contributed by atoms with Crippen molar-refractivity contribution in [3.05, 3.63) is 0 Å². The summed E-state index contributed by atoms with van der Waals surface area (Å²) < 4.78 is 0. The van der Waals surface area contributed by atoms with Crippen molar-refractivity contribution in [2.75, 3.05) is 6.54 Å². The molecule has 0 aliphatic heterocycles. The summed E-state index contributed by atoms with van der Waals surface area (Å²) >= 11 is 0. The molecule has 1 amide bonds. The van der Waals surface area contributed by atoms with Gasteiger partial charge in [0.2, 0.25) is 5.91 Å². The number of nitrogens with two attached hydrogens (primary N) is 1. The van der Waals surface area contributed by atoms with Crippen molar-refractivity contribution in [1.82, 2.24) is 5.32 Å². The van der Waals surface area contributed by atoms with E-state index in [-0.39, 0.29) is 11.9 Å². The van der Waals surface area contributed by atoms with E-state index in [4.69, 9.17) is 5.73 Å². The molecule has 3 N–H and O–H groups in total. The van der Waals surface area contributed by atoms with Crippen LogP contribution in [0.1, 0.15) is 39.5 Å². The van der Waals surface area contributed by atoms with Crippen LogP contribution in [0, 0.1) is 11.8 Å². The number of hydrogen-bond donors (Lipinski definition) is 2. The predicted molar refractivity (Wildman–Crippen MR) is 58.6 cm³/mol. The number of nitrogens with one attached hydrogen (secondary N) is 1. The van der Waals surface area contributed by atoms with Gasteiger partial charge in [-0.1, -0.05) is 19.8 Å². The van der Waals surface area contributed by atoms with Crippen molar-refractivity contribution in [3.63, 3.8) is 0 Å². The lowest BCUT2D eigenvalue weighted by atomic mass is 10.1. The number of hydrogen-bond acceptors (Lipinski definition) is 2.